The van der Waals surface area contributed by atoms with E-state index in [4.69, 9.17) is 9.47 Å². The number of hydrogen-bond acceptors (Lipinski definition) is 5. The molecule has 0 spiro atoms. The third-order valence-corrected chi connectivity index (χ3v) is 5.13. The van der Waals surface area contributed by atoms with Crippen molar-refractivity contribution >= 4 is 5.97 Å². The predicted octanol–water partition coefficient (Wildman–Crippen LogP) is 1.36. The van der Waals surface area contributed by atoms with Crippen LogP contribution in [0.3, 0.4) is 0 Å². The lowest BCUT2D eigenvalue weighted by atomic mass is 9.87. The summed E-state index contributed by atoms with van der Waals surface area (Å²) >= 11 is 0. The Hall–Kier alpha value is -0.650. The summed E-state index contributed by atoms with van der Waals surface area (Å²) in [7, 11) is 0. The summed E-state index contributed by atoms with van der Waals surface area (Å²) in [6.07, 6.45) is 8.24. The summed E-state index contributed by atoms with van der Waals surface area (Å²) in [5, 5.41) is 7.02. The quantitative estimate of drug-likeness (QED) is 0.767. The van der Waals surface area contributed by atoms with Crippen LogP contribution in [0.15, 0.2) is 0 Å². The molecule has 0 unspecified atom stereocenters. The largest absolute Gasteiger partial charge is 0.461 e. The zero-order chi connectivity index (χ0) is 14.5. The topological polar surface area (TPSA) is 59.6 Å². The first-order valence-corrected chi connectivity index (χ1v) is 8.56. The third-order valence-electron chi connectivity index (χ3n) is 5.13. The van der Waals surface area contributed by atoms with Crippen molar-refractivity contribution < 1.29 is 14.3 Å². The highest BCUT2D eigenvalue weighted by molar-refractivity contribution is 5.81. The first-order chi connectivity index (χ1) is 10.3. The van der Waals surface area contributed by atoms with Gasteiger partial charge in [0, 0.05) is 19.3 Å². The molecule has 21 heavy (non-hydrogen) atoms. The van der Waals surface area contributed by atoms with E-state index in [0.717, 1.165) is 51.6 Å². The van der Waals surface area contributed by atoms with E-state index in [0.29, 0.717) is 19.3 Å². The zero-order valence-corrected chi connectivity index (χ0v) is 12.9. The van der Waals surface area contributed by atoms with Gasteiger partial charge in [-0.3, -0.25) is 10.1 Å². The first-order valence-electron chi connectivity index (χ1n) is 8.56. The Bertz CT molecular complexity index is 343. The number of nitrogens with one attached hydrogen (secondary N) is 2. The van der Waals surface area contributed by atoms with Crippen molar-refractivity contribution in [2.45, 2.75) is 69.1 Å². The van der Waals surface area contributed by atoms with Gasteiger partial charge >= 0.3 is 5.97 Å². The molecule has 3 rings (SSSR count). The molecule has 2 N–H and O–H groups in total. The third kappa shape index (κ3) is 3.76. The molecule has 0 aromatic rings. The summed E-state index contributed by atoms with van der Waals surface area (Å²) in [6, 6.07) is 0.417. The molecule has 0 radical (unpaired) electrons. The van der Waals surface area contributed by atoms with Gasteiger partial charge in [0.05, 0.1) is 0 Å². The second kappa shape index (κ2) is 7.07. The normalized spacial score (nSPS) is 27.6. The van der Waals surface area contributed by atoms with Crippen molar-refractivity contribution in [1.82, 2.24) is 10.6 Å². The van der Waals surface area contributed by atoms with Crippen LogP contribution in [0.1, 0.15) is 51.4 Å². The van der Waals surface area contributed by atoms with Crippen LogP contribution in [-0.2, 0) is 14.3 Å². The Morgan fingerprint density at radius 1 is 1.10 bits per heavy atom. The Morgan fingerprint density at radius 3 is 2.43 bits per heavy atom. The standard InChI is InChI=1S/C16H28N2O3/c19-15(21-14-3-1-2-4-14)16(7-11-20-12-8-16)18-13-5-9-17-10-6-13/h13-14,17-18H,1-12H2. The molecule has 2 heterocycles. The molecule has 2 saturated heterocycles. The number of carbonyl (C=O) groups is 1. The molecule has 0 atom stereocenters. The van der Waals surface area contributed by atoms with Crippen LogP contribution in [0.25, 0.3) is 0 Å². The number of carbonyl (C=O) groups excluding carboxylic acids is 1. The Morgan fingerprint density at radius 2 is 1.76 bits per heavy atom. The molecule has 0 amide bonds. The fourth-order valence-electron chi connectivity index (χ4n) is 3.75. The Balaban J connectivity index is 1.64. The van der Waals surface area contributed by atoms with Crippen molar-refractivity contribution in [3.05, 3.63) is 0 Å². The lowest BCUT2D eigenvalue weighted by Gasteiger charge is -2.40. The summed E-state index contributed by atoms with van der Waals surface area (Å²) in [6.45, 7) is 3.36. The van der Waals surface area contributed by atoms with Gasteiger partial charge in [0.2, 0.25) is 0 Å². The maximum Gasteiger partial charge on any atom is 0.326 e. The van der Waals surface area contributed by atoms with Crippen molar-refractivity contribution in [2.75, 3.05) is 26.3 Å². The lowest BCUT2D eigenvalue weighted by molar-refractivity contribution is -0.162. The van der Waals surface area contributed by atoms with E-state index in [-0.39, 0.29) is 12.1 Å². The molecule has 0 aromatic heterocycles. The average Bonchev–Trinajstić information content (AvgIpc) is 3.02. The van der Waals surface area contributed by atoms with Gasteiger partial charge in [0.25, 0.3) is 0 Å². The van der Waals surface area contributed by atoms with Gasteiger partial charge in [0.1, 0.15) is 11.6 Å². The highest BCUT2D eigenvalue weighted by Gasteiger charge is 2.44. The van der Waals surface area contributed by atoms with Gasteiger partial charge in [-0.25, -0.2) is 0 Å². The fraction of sp³-hybridized carbons (Fsp3) is 0.938. The van der Waals surface area contributed by atoms with Gasteiger partial charge in [-0.15, -0.1) is 0 Å². The number of rotatable bonds is 4. The molecule has 0 bridgehead atoms. The SMILES string of the molecule is O=C(OC1CCCC1)C1(NC2CCNCC2)CCOCC1. The second-order valence-corrected chi connectivity index (χ2v) is 6.67. The summed E-state index contributed by atoms with van der Waals surface area (Å²) < 4.78 is 11.3. The highest BCUT2D eigenvalue weighted by atomic mass is 16.5. The van der Waals surface area contributed by atoms with E-state index in [1.165, 1.54) is 12.8 Å². The van der Waals surface area contributed by atoms with Crippen LogP contribution in [0.2, 0.25) is 0 Å². The van der Waals surface area contributed by atoms with E-state index in [1.807, 2.05) is 0 Å². The van der Waals surface area contributed by atoms with Crippen LogP contribution < -0.4 is 10.6 Å². The summed E-state index contributed by atoms with van der Waals surface area (Å²) in [5.41, 5.74) is -0.511. The Kier molecular flexibility index (Phi) is 5.14. The smallest absolute Gasteiger partial charge is 0.326 e. The molecule has 3 fully saturated rings. The zero-order valence-electron chi connectivity index (χ0n) is 12.9. The predicted molar refractivity (Wildman–Crippen MR) is 80.2 cm³/mol. The molecule has 5 nitrogen and oxygen atoms in total. The van der Waals surface area contributed by atoms with Crippen LogP contribution in [0.5, 0.6) is 0 Å². The average molecular weight is 296 g/mol. The fourth-order valence-corrected chi connectivity index (χ4v) is 3.75. The Labute approximate surface area is 127 Å². The van der Waals surface area contributed by atoms with Crippen LogP contribution in [0, 0.1) is 0 Å². The molecule has 2 aliphatic heterocycles. The van der Waals surface area contributed by atoms with Crippen LogP contribution >= 0.6 is 0 Å². The molecular formula is C16H28N2O3. The minimum atomic E-state index is -0.511. The second-order valence-electron chi connectivity index (χ2n) is 6.67. The molecule has 1 aliphatic carbocycles. The minimum Gasteiger partial charge on any atom is -0.461 e. The van der Waals surface area contributed by atoms with Gasteiger partial charge in [-0.1, -0.05) is 0 Å². The molecule has 120 valence electrons. The maximum absolute atomic E-state index is 12.8. The molecule has 0 aromatic carbocycles. The maximum atomic E-state index is 12.8. The minimum absolute atomic E-state index is 0.0313. The van der Waals surface area contributed by atoms with Gasteiger partial charge in [-0.2, -0.15) is 0 Å². The van der Waals surface area contributed by atoms with Gasteiger partial charge < -0.3 is 14.8 Å². The van der Waals surface area contributed by atoms with E-state index in [2.05, 4.69) is 10.6 Å². The number of hydrogen-bond donors (Lipinski definition) is 2. The first kappa shape index (κ1) is 15.3. The van der Waals surface area contributed by atoms with E-state index in [9.17, 15) is 4.79 Å². The van der Waals surface area contributed by atoms with Gasteiger partial charge in [-0.05, 0) is 64.5 Å². The lowest BCUT2D eigenvalue weighted by Crippen LogP contribution is -2.61. The summed E-state index contributed by atoms with van der Waals surface area (Å²) in [5.74, 6) is -0.0313. The van der Waals surface area contributed by atoms with E-state index in [1.54, 1.807) is 0 Å². The van der Waals surface area contributed by atoms with E-state index < -0.39 is 5.54 Å². The van der Waals surface area contributed by atoms with Crippen molar-refractivity contribution in [3.63, 3.8) is 0 Å². The van der Waals surface area contributed by atoms with Crippen LogP contribution in [-0.4, -0.2) is 50.0 Å². The van der Waals surface area contributed by atoms with Gasteiger partial charge in [0.15, 0.2) is 0 Å². The highest BCUT2D eigenvalue weighted by Crippen LogP contribution is 2.28. The molecular weight excluding hydrogens is 268 g/mol. The monoisotopic (exact) mass is 296 g/mol. The summed E-state index contributed by atoms with van der Waals surface area (Å²) in [4.78, 5) is 12.8. The molecule has 1 saturated carbocycles. The molecule has 3 aliphatic rings. The van der Waals surface area contributed by atoms with Crippen molar-refractivity contribution in [2.24, 2.45) is 0 Å². The number of ether oxygens (including phenoxy) is 2. The van der Waals surface area contributed by atoms with Crippen molar-refractivity contribution in [3.8, 4) is 0 Å². The number of piperidine rings is 1. The molecule has 5 heteroatoms. The van der Waals surface area contributed by atoms with Crippen molar-refractivity contribution in [1.29, 1.82) is 0 Å². The van der Waals surface area contributed by atoms with Crippen LogP contribution in [0.4, 0.5) is 0 Å². The number of esters is 1. The van der Waals surface area contributed by atoms with E-state index >= 15 is 0 Å².